The second-order valence-electron chi connectivity index (χ2n) is 2.98. The minimum atomic E-state index is 0.880. The van der Waals surface area contributed by atoms with Crippen LogP contribution in [0.25, 0.3) is 0 Å². The highest BCUT2D eigenvalue weighted by Crippen LogP contribution is 2.28. The third-order valence-corrected chi connectivity index (χ3v) is 3.59. The molecule has 0 aromatic heterocycles. The lowest BCUT2D eigenvalue weighted by Gasteiger charge is -2.07. The number of hydrogen-bond donors (Lipinski definition) is 1. The molecule has 0 spiro atoms. The van der Waals surface area contributed by atoms with Crippen molar-refractivity contribution in [2.75, 3.05) is 12.3 Å². The summed E-state index contributed by atoms with van der Waals surface area (Å²) < 4.78 is 0. The third-order valence-electron chi connectivity index (χ3n) is 2.23. The van der Waals surface area contributed by atoms with Crippen molar-refractivity contribution in [3.8, 4) is 0 Å². The predicted octanol–water partition coefficient (Wildman–Crippen LogP) is 1.24. The van der Waals surface area contributed by atoms with Gasteiger partial charge in [0.05, 0.1) is 0 Å². The van der Waals surface area contributed by atoms with Crippen LogP contribution >= 0.6 is 11.8 Å². The summed E-state index contributed by atoms with van der Waals surface area (Å²) in [7, 11) is 0. The molecule has 1 nitrogen and oxygen atoms in total. The fraction of sp³-hybridized carbons (Fsp3) is 1.00. The predicted molar refractivity (Wildman–Crippen MR) is 41.9 cm³/mol. The molecule has 2 unspecified atom stereocenters. The molecule has 2 saturated heterocycles. The Morgan fingerprint density at radius 2 is 2.44 bits per heavy atom. The highest BCUT2D eigenvalue weighted by molar-refractivity contribution is 7.99. The molecule has 2 aliphatic rings. The Morgan fingerprint density at radius 1 is 1.44 bits per heavy atom. The monoisotopic (exact) mass is 143 g/mol. The number of thioether (sulfide) groups is 1. The van der Waals surface area contributed by atoms with Gasteiger partial charge in [0.25, 0.3) is 0 Å². The first-order valence-electron chi connectivity index (χ1n) is 3.80. The molecule has 9 heavy (non-hydrogen) atoms. The Morgan fingerprint density at radius 3 is 3.44 bits per heavy atom. The summed E-state index contributed by atoms with van der Waals surface area (Å²) in [4.78, 5) is 0. The first-order chi connectivity index (χ1) is 4.45. The lowest BCUT2D eigenvalue weighted by Crippen LogP contribution is -2.22. The molecule has 2 fully saturated rings. The smallest absolute Gasteiger partial charge is 0.0187 e. The Bertz CT molecular complexity index is 93.1. The van der Waals surface area contributed by atoms with Gasteiger partial charge in [-0.1, -0.05) is 0 Å². The van der Waals surface area contributed by atoms with E-state index in [4.69, 9.17) is 0 Å². The van der Waals surface area contributed by atoms with Gasteiger partial charge in [0.15, 0.2) is 0 Å². The van der Waals surface area contributed by atoms with Crippen LogP contribution in [0.1, 0.15) is 19.3 Å². The molecule has 2 heteroatoms. The molecule has 0 saturated carbocycles. The average Bonchev–Trinajstić information content (AvgIpc) is 2.09. The first-order valence-corrected chi connectivity index (χ1v) is 4.85. The van der Waals surface area contributed by atoms with Crippen LogP contribution in [-0.4, -0.2) is 23.6 Å². The first kappa shape index (κ1) is 6.05. The van der Waals surface area contributed by atoms with Crippen molar-refractivity contribution in [1.82, 2.24) is 5.32 Å². The molecular weight excluding hydrogens is 130 g/mol. The molecule has 2 aliphatic heterocycles. The molecule has 52 valence electrons. The van der Waals surface area contributed by atoms with Gasteiger partial charge in [-0.2, -0.15) is 11.8 Å². The van der Waals surface area contributed by atoms with Crippen molar-refractivity contribution >= 4 is 11.8 Å². The van der Waals surface area contributed by atoms with E-state index in [9.17, 15) is 0 Å². The Labute approximate surface area is 60.6 Å². The van der Waals surface area contributed by atoms with Gasteiger partial charge in [0, 0.05) is 17.8 Å². The zero-order valence-corrected chi connectivity index (χ0v) is 6.41. The summed E-state index contributed by atoms with van der Waals surface area (Å²) in [5.74, 6) is 1.41. The van der Waals surface area contributed by atoms with Gasteiger partial charge in [-0.3, -0.25) is 0 Å². The molecule has 0 radical (unpaired) electrons. The van der Waals surface area contributed by atoms with Crippen LogP contribution in [0.2, 0.25) is 0 Å². The van der Waals surface area contributed by atoms with Gasteiger partial charge < -0.3 is 5.32 Å². The topological polar surface area (TPSA) is 12.0 Å². The van der Waals surface area contributed by atoms with Crippen LogP contribution < -0.4 is 5.32 Å². The van der Waals surface area contributed by atoms with E-state index in [1.807, 2.05) is 0 Å². The zero-order chi connectivity index (χ0) is 6.10. The summed E-state index contributed by atoms with van der Waals surface area (Å²) in [6.07, 6.45) is 4.28. The van der Waals surface area contributed by atoms with Crippen LogP contribution in [0, 0.1) is 0 Å². The molecule has 2 atom stereocenters. The SMILES string of the molecule is C1CSC2CNC(C1)C2. The second kappa shape index (κ2) is 2.51. The van der Waals surface area contributed by atoms with Crippen molar-refractivity contribution in [3.63, 3.8) is 0 Å². The van der Waals surface area contributed by atoms with Crippen LogP contribution in [-0.2, 0) is 0 Å². The van der Waals surface area contributed by atoms with Gasteiger partial charge in [-0.05, 0) is 25.0 Å². The summed E-state index contributed by atoms with van der Waals surface area (Å²) in [6.45, 7) is 1.27. The van der Waals surface area contributed by atoms with E-state index in [2.05, 4.69) is 17.1 Å². The van der Waals surface area contributed by atoms with E-state index in [0.29, 0.717) is 0 Å². The molecule has 2 bridgehead atoms. The molecule has 0 aromatic rings. The van der Waals surface area contributed by atoms with E-state index in [0.717, 1.165) is 11.3 Å². The number of nitrogens with one attached hydrogen (secondary N) is 1. The summed E-state index contributed by atoms with van der Waals surface area (Å²) in [6, 6.07) is 0.880. The second-order valence-corrected chi connectivity index (χ2v) is 4.38. The number of hydrogen-bond acceptors (Lipinski definition) is 2. The van der Waals surface area contributed by atoms with Gasteiger partial charge in [0.1, 0.15) is 0 Å². The molecule has 0 amide bonds. The van der Waals surface area contributed by atoms with E-state index < -0.39 is 0 Å². The van der Waals surface area contributed by atoms with Crippen molar-refractivity contribution in [2.45, 2.75) is 30.6 Å². The maximum atomic E-state index is 3.54. The minimum Gasteiger partial charge on any atom is -0.313 e. The number of rotatable bonds is 0. The lowest BCUT2D eigenvalue weighted by atomic mass is 10.1. The maximum absolute atomic E-state index is 3.54. The van der Waals surface area contributed by atoms with E-state index >= 15 is 0 Å². The van der Waals surface area contributed by atoms with Crippen molar-refractivity contribution in [1.29, 1.82) is 0 Å². The summed E-state index contributed by atoms with van der Waals surface area (Å²) in [5.41, 5.74) is 0. The zero-order valence-electron chi connectivity index (χ0n) is 5.60. The van der Waals surface area contributed by atoms with E-state index in [1.54, 1.807) is 0 Å². The Hall–Kier alpha value is 0.310. The largest absolute Gasteiger partial charge is 0.313 e. The van der Waals surface area contributed by atoms with Crippen molar-refractivity contribution in [2.24, 2.45) is 0 Å². The maximum Gasteiger partial charge on any atom is 0.0187 e. The third kappa shape index (κ3) is 1.24. The summed E-state index contributed by atoms with van der Waals surface area (Å²) in [5, 5.41) is 4.49. The minimum absolute atomic E-state index is 0.880. The fourth-order valence-electron chi connectivity index (χ4n) is 1.71. The van der Waals surface area contributed by atoms with Gasteiger partial charge in [0.2, 0.25) is 0 Å². The molecule has 0 aromatic carbocycles. The van der Waals surface area contributed by atoms with Crippen molar-refractivity contribution < 1.29 is 0 Å². The lowest BCUT2D eigenvalue weighted by molar-refractivity contribution is 0.557. The normalized spacial score (nSPS) is 42.7. The highest BCUT2D eigenvalue weighted by atomic mass is 32.2. The highest BCUT2D eigenvalue weighted by Gasteiger charge is 2.26. The van der Waals surface area contributed by atoms with Gasteiger partial charge in [-0.15, -0.1) is 0 Å². The van der Waals surface area contributed by atoms with Gasteiger partial charge in [-0.25, -0.2) is 0 Å². The molecule has 0 aliphatic carbocycles. The number of fused-ring (bicyclic) bond motifs is 2. The van der Waals surface area contributed by atoms with Crippen LogP contribution in [0.3, 0.4) is 0 Å². The fourth-order valence-corrected chi connectivity index (χ4v) is 2.96. The van der Waals surface area contributed by atoms with Crippen molar-refractivity contribution in [3.05, 3.63) is 0 Å². The van der Waals surface area contributed by atoms with Crippen LogP contribution in [0.4, 0.5) is 0 Å². The standard InChI is InChI=1S/C7H13NS/c1-2-6-4-7(5-8-6)9-3-1/h6-8H,1-5H2. The molecular formula is C7H13NS. The van der Waals surface area contributed by atoms with Crippen LogP contribution in [0.5, 0.6) is 0 Å². The molecule has 2 heterocycles. The van der Waals surface area contributed by atoms with Gasteiger partial charge >= 0.3 is 0 Å². The Kier molecular flexibility index (Phi) is 1.68. The quantitative estimate of drug-likeness (QED) is 0.547. The summed E-state index contributed by atoms with van der Waals surface area (Å²) >= 11 is 2.16. The van der Waals surface area contributed by atoms with E-state index in [1.165, 1.54) is 31.6 Å². The average molecular weight is 143 g/mol. The van der Waals surface area contributed by atoms with Crippen LogP contribution in [0.15, 0.2) is 0 Å². The Balaban J connectivity index is 1.99. The van der Waals surface area contributed by atoms with E-state index in [-0.39, 0.29) is 0 Å². The molecule has 2 rings (SSSR count). The molecule has 1 N–H and O–H groups in total.